The maximum absolute atomic E-state index is 14.4. The standard InChI is InChI=1S/C22H26FN5O2/c23-20-13-17(14-24)5-6-21(20)28-7-1-3-18(15-28)25-22(29)27-10-8-26(9-11-27)16-19-4-2-12-30-19/h2,4-6,12-13,18H,1,3,7-11,15-16H2,(H,25,29). The van der Waals surface area contributed by atoms with E-state index < -0.39 is 5.82 Å². The number of nitriles is 1. The predicted octanol–water partition coefficient (Wildman–Crippen LogP) is 2.79. The maximum Gasteiger partial charge on any atom is 0.317 e. The van der Waals surface area contributed by atoms with Crippen LogP contribution in [0.1, 0.15) is 24.2 Å². The summed E-state index contributed by atoms with van der Waals surface area (Å²) < 4.78 is 19.8. The van der Waals surface area contributed by atoms with Crippen LogP contribution in [0.2, 0.25) is 0 Å². The van der Waals surface area contributed by atoms with Crippen molar-refractivity contribution in [2.45, 2.75) is 25.4 Å². The molecule has 1 aromatic heterocycles. The molecule has 4 rings (SSSR count). The Morgan fingerprint density at radius 1 is 1.23 bits per heavy atom. The lowest BCUT2D eigenvalue weighted by Gasteiger charge is -2.38. The molecule has 0 radical (unpaired) electrons. The molecule has 2 fully saturated rings. The molecule has 0 bridgehead atoms. The van der Waals surface area contributed by atoms with Crippen molar-refractivity contribution in [3.05, 3.63) is 53.7 Å². The fourth-order valence-electron chi connectivity index (χ4n) is 4.14. The van der Waals surface area contributed by atoms with Crippen molar-refractivity contribution in [2.75, 3.05) is 44.2 Å². The Morgan fingerprint density at radius 2 is 2.07 bits per heavy atom. The molecule has 2 saturated heterocycles. The Bertz CT molecular complexity index is 903. The summed E-state index contributed by atoms with van der Waals surface area (Å²) in [6.07, 6.45) is 3.43. The number of piperazine rings is 1. The molecular weight excluding hydrogens is 385 g/mol. The van der Waals surface area contributed by atoms with Gasteiger partial charge >= 0.3 is 6.03 Å². The van der Waals surface area contributed by atoms with Crippen LogP contribution in [0, 0.1) is 17.1 Å². The lowest BCUT2D eigenvalue weighted by molar-refractivity contribution is 0.128. The summed E-state index contributed by atoms with van der Waals surface area (Å²) in [6.45, 7) is 5.02. The average molecular weight is 411 g/mol. The molecule has 2 aromatic rings. The van der Waals surface area contributed by atoms with Crippen molar-refractivity contribution in [1.29, 1.82) is 5.26 Å². The van der Waals surface area contributed by atoms with Gasteiger partial charge in [0, 0.05) is 45.3 Å². The molecule has 2 amide bonds. The third-order valence-electron chi connectivity index (χ3n) is 5.79. The van der Waals surface area contributed by atoms with Crippen molar-refractivity contribution in [1.82, 2.24) is 15.1 Å². The fraction of sp³-hybridized carbons (Fsp3) is 0.455. The Balaban J connectivity index is 1.28. The van der Waals surface area contributed by atoms with E-state index in [0.29, 0.717) is 30.9 Å². The largest absolute Gasteiger partial charge is 0.468 e. The third kappa shape index (κ3) is 4.74. The number of nitrogens with zero attached hydrogens (tertiary/aromatic N) is 4. The molecule has 2 aliphatic rings. The van der Waals surface area contributed by atoms with E-state index in [1.807, 2.05) is 28.0 Å². The molecule has 3 heterocycles. The highest BCUT2D eigenvalue weighted by Crippen LogP contribution is 2.24. The van der Waals surface area contributed by atoms with E-state index in [2.05, 4.69) is 10.2 Å². The van der Waals surface area contributed by atoms with Gasteiger partial charge in [0.15, 0.2) is 0 Å². The zero-order valence-electron chi connectivity index (χ0n) is 16.9. The van der Waals surface area contributed by atoms with E-state index in [0.717, 1.165) is 44.8 Å². The van der Waals surface area contributed by atoms with Crippen LogP contribution in [-0.4, -0.2) is 61.1 Å². The quantitative estimate of drug-likeness (QED) is 0.837. The first-order valence-corrected chi connectivity index (χ1v) is 10.4. The van der Waals surface area contributed by atoms with Gasteiger partial charge < -0.3 is 19.5 Å². The van der Waals surface area contributed by atoms with E-state index in [1.54, 1.807) is 18.4 Å². The maximum atomic E-state index is 14.4. The van der Waals surface area contributed by atoms with Crippen LogP contribution in [0.15, 0.2) is 41.0 Å². The molecular formula is C22H26FN5O2. The fourth-order valence-corrected chi connectivity index (χ4v) is 4.14. The minimum Gasteiger partial charge on any atom is -0.468 e. The minimum atomic E-state index is -0.395. The number of hydrogen-bond acceptors (Lipinski definition) is 5. The highest BCUT2D eigenvalue weighted by molar-refractivity contribution is 5.74. The normalized spacial score (nSPS) is 20.1. The van der Waals surface area contributed by atoms with Crippen molar-refractivity contribution in [2.24, 2.45) is 0 Å². The minimum absolute atomic E-state index is 0.0255. The Hall–Kier alpha value is -3.05. The summed E-state index contributed by atoms with van der Waals surface area (Å²) in [4.78, 5) is 18.8. The van der Waals surface area contributed by atoms with Crippen LogP contribution in [0.25, 0.3) is 0 Å². The Kier molecular flexibility index (Phi) is 6.19. The predicted molar refractivity (Wildman–Crippen MR) is 110 cm³/mol. The zero-order chi connectivity index (χ0) is 20.9. The van der Waals surface area contributed by atoms with Crippen LogP contribution in [-0.2, 0) is 6.54 Å². The molecule has 1 unspecified atom stereocenters. The summed E-state index contributed by atoms with van der Waals surface area (Å²) >= 11 is 0. The van der Waals surface area contributed by atoms with Gasteiger partial charge in [-0.3, -0.25) is 4.90 Å². The first-order valence-electron chi connectivity index (χ1n) is 10.4. The lowest BCUT2D eigenvalue weighted by atomic mass is 10.0. The Labute approximate surface area is 175 Å². The number of piperidine rings is 1. The topological polar surface area (TPSA) is 75.8 Å². The van der Waals surface area contributed by atoms with Gasteiger partial charge in [-0.15, -0.1) is 0 Å². The van der Waals surface area contributed by atoms with E-state index in [9.17, 15) is 9.18 Å². The molecule has 8 heteroatoms. The molecule has 158 valence electrons. The van der Waals surface area contributed by atoms with Gasteiger partial charge in [0.25, 0.3) is 0 Å². The number of amides is 2. The smallest absolute Gasteiger partial charge is 0.317 e. The number of furan rings is 1. The highest BCUT2D eigenvalue weighted by atomic mass is 19.1. The number of carbonyl (C=O) groups excluding carboxylic acids is 1. The summed E-state index contributed by atoms with van der Waals surface area (Å²) in [5, 5.41) is 12.0. The third-order valence-corrected chi connectivity index (χ3v) is 5.79. The molecule has 2 aliphatic heterocycles. The first-order chi connectivity index (χ1) is 14.6. The second-order valence-corrected chi connectivity index (χ2v) is 7.86. The number of hydrogen-bond donors (Lipinski definition) is 1. The summed E-state index contributed by atoms with van der Waals surface area (Å²) in [6, 6.07) is 10.3. The second kappa shape index (κ2) is 9.18. The molecule has 1 N–H and O–H groups in total. The first kappa shape index (κ1) is 20.2. The molecule has 0 saturated carbocycles. The van der Waals surface area contributed by atoms with E-state index in [-0.39, 0.29) is 12.1 Å². The molecule has 1 aromatic carbocycles. The van der Waals surface area contributed by atoms with Crippen LogP contribution < -0.4 is 10.2 Å². The number of urea groups is 1. The van der Waals surface area contributed by atoms with Crippen molar-refractivity contribution in [3.8, 4) is 6.07 Å². The van der Waals surface area contributed by atoms with Gasteiger partial charge in [-0.2, -0.15) is 5.26 Å². The van der Waals surface area contributed by atoms with Gasteiger partial charge in [-0.1, -0.05) is 0 Å². The molecule has 1 atom stereocenters. The summed E-state index contributed by atoms with van der Waals surface area (Å²) in [5.74, 6) is 0.541. The van der Waals surface area contributed by atoms with Crippen molar-refractivity contribution >= 4 is 11.7 Å². The highest BCUT2D eigenvalue weighted by Gasteiger charge is 2.27. The molecule has 0 spiro atoms. The number of carbonyl (C=O) groups is 1. The number of benzene rings is 1. The Morgan fingerprint density at radius 3 is 2.77 bits per heavy atom. The summed E-state index contributed by atoms with van der Waals surface area (Å²) in [5.41, 5.74) is 0.795. The van der Waals surface area contributed by atoms with Crippen molar-refractivity contribution in [3.63, 3.8) is 0 Å². The zero-order valence-corrected chi connectivity index (χ0v) is 16.9. The van der Waals surface area contributed by atoms with Gasteiger partial charge in [0.05, 0.1) is 30.1 Å². The molecule has 7 nitrogen and oxygen atoms in total. The second-order valence-electron chi connectivity index (χ2n) is 7.86. The van der Waals surface area contributed by atoms with Crippen molar-refractivity contribution < 1.29 is 13.6 Å². The number of nitrogens with one attached hydrogen (secondary N) is 1. The van der Waals surface area contributed by atoms with Gasteiger partial charge in [-0.05, 0) is 43.2 Å². The lowest BCUT2D eigenvalue weighted by Crippen LogP contribution is -2.55. The van der Waals surface area contributed by atoms with Crippen LogP contribution in [0.3, 0.4) is 0 Å². The van der Waals surface area contributed by atoms with Gasteiger partial charge in [-0.25, -0.2) is 9.18 Å². The van der Waals surface area contributed by atoms with Gasteiger partial charge in [0.1, 0.15) is 11.6 Å². The van der Waals surface area contributed by atoms with Crippen LogP contribution >= 0.6 is 0 Å². The number of halogens is 1. The monoisotopic (exact) mass is 411 g/mol. The van der Waals surface area contributed by atoms with Gasteiger partial charge in [0.2, 0.25) is 0 Å². The molecule has 0 aliphatic carbocycles. The van der Waals surface area contributed by atoms with E-state index in [4.69, 9.17) is 9.68 Å². The van der Waals surface area contributed by atoms with Crippen LogP contribution in [0.5, 0.6) is 0 Å². The number of anilines is 1. The average Bonchev–Trinajstić information content (AvgIpc) is 3.27. The van der Waals surface area contributed by atoms with Crippen LogP contribution in [0.4, 0.5) is 14.9 Å². The van der Waals surface area contributed by atoms with E-state index in [1.165, 1.54) is 6.07 Å². The summed E-state index contributed by atoms with van der Waals surface area (Å²) in [7, 11) is 0. The SMILES string of the molecule is N#Cc1ccc(N2CCCC(NC(=O)N3CCN(Cc4ccco4)CC3)C2)c(F)c1. The molecule has 30 heavy (non-hydrogen) atoms. The van der Waals surface area contributed by atoms with E-state index >= 15 is 0 Å². The number of rotatable bonds is 4.